The van der Waals surface area contributed by atoms with Gasteiger partial charge in [-0.2, -0.15) is 18.2 Å². The van der Waals surface area contributed by atoms with Crippen LogP contribution >= 0.6 is 0 Å². The van der Waals surface area contributed by atoms with Gasteiger partial charge in [0, 0.05) is 23.7 Å². The Bertz CT molecular complexity index is 1860. The second-order valence-corrected chi connectivity index (χ2v) is 10.6. The van der Waals surface area contributed by atoms with Crippen molar-refractivity contribution in [2.24, 2.45) is 0 Å². The fourth-order valence-corrected chi connectivity index (χ4v) is 5.20. The maximum Gasteiger partial charge on any atom is 0.405 e. The summed E-state index contributed by atoms with van der Waals surface area (Å²) < 4.78 is 59.4. The van der Waals surface area contributed by atoms with Gasteiger partial charge in [-0.15, -0.1) is 0 Å². The normalized spacial score (nSPS) is 13.8. The van der Waals surface area contributed by atoms with E-state index in [0.29, 0.717) is 16.7 Å². The second kappa shape index (κ2) is 11.1. The highest BCUT2D eigenvalue weighted by atomic mass is 19.4. The van der Waals surface area contributed by atoms with Crippen molar-refractivity contribution >= 4 is 28.7 Å². The van der Waals surface area contributed by atoms with Gasteiger partial charge >= 0.3 is 6.18 Å². The Morgan fingerprint density at radius 3 is 2.30 bits per heavy atom. The Morgan fingerprint density at radius 1 is 0.909 bits per heavy atom. The summed E-state index contributed by atoms with van der Waals surface area (Å²) in [6.07, 6.45) is -2.98. The van der Waals surface area contributed by atoms with Gasteiger partial charge in [0.15, 0.2) is 0 Å². The lowest BCUT2D eigenvalue weighted by molar-refractivity contribution is -0.115. The third-order valence-electron chi connectivity index (χ3n) is 7.56. The zero-order valence-corrected chi connectivity index (χ0v) is 23.4. The highest BCUT2D eigenvalue weighted by Gasteiger charge is 2.45. The van der Waals surface area contributed by atoms with Gasteiger partial charge in [-0.25, -0.2) is 4.39 Å². The summed E-state index contributed by atoms with van der Waals surface area (Å²) in [6.45, 7) is -1.38. The SMILES string of the molecule is CNC(=O)c1c(-c2ccc(F)cc2)oc2nc(NCC(F)(F)F)c(-c3cccc(C(=O)NC4(c5ccccc5)CC4)c3)cc12. The lowest BCUT2D eigenvalue weighted by atomic mass is 9.99. The van der Waals surface area contributed by atoms with Crippen LogP contribution in [0.25, 0.3) is 33.6 Å². The number of benzene rings is 3. The van der Waals surface area contributed by atoms with E-state index in [0.717, 1.165) is 18.4 Å². The van der Waals surface area contributed by atoms with Crippen LogP contribution in [0.1, 0.15) is 39.1 Å². The Kier molecular flexibility index (Phi) is 7.32. The number of anilines is 1. The molecule has 0 spiro atoms. The maximum atomic E-state index is 13.6. The van der Waals surface area contributed by atoms with E-state index >= 15 is 0 Å². The summed E-state index contributed by atoms with van der Waals surface area (Å²) in [4.78, 5) is 30.8. The molecule has 0 aliphatic heterocycles. The number of furan rings is 1. The predicted molar refractivity (Wildman–Crippen MR) is 158 cm³/mol. The molecule has 44 heavy (non-hydrogen) atoms. The van der Waals surface area contributed by atoms with Crippen LogP contribution in [0.15, 0.2) is 89.3 Å². The highest BCUT2D eigenvalue weighted by Crippen LogP contribution is 2.45. The first-order valence-electron chi connectivity index (χ1n) is 13.8. The van der Waals surface area contributed by atoms with Crippen molar-refractivity contribution in [2.45, 2.75) is 24.6 Å². The number of fused-ring (bicyclic) bond motifs is 1. The molecule has 3 aromatic carbocycles. The van der Waals surface area contributed by atoms with E-state index in [1.54, 1.807) is 24.3 Å². The number of amides is 2. The Balaban J connectivity index is 1.45. The maximum absolute atomic E-state index is 13.6. The molecule has 224 valence electrons. The average Bonchev–Trinajstić information content (AvgIpc) is 3.71. The Hall–Kier alpha value is -5.19. The van der Waals surface area contributed by atoms with Crippen LogP contribution in [-0.4, -0.2) is 36.6 Å². The van der Waals surface area contributed by atoms with Gasteiger partial charge in [0.05, 0.1) is 16.5 Å². The van der Waals surface area contributed by atoms with Crippen LogP contribution in [0.3, 0.4) is 0 Å². The molecule has 5 aromatic rings. The van der Waals surface area contributed by atoms with Gasteiger partial charge in [-0.3, -0.25) is 9.59 Å². The number of nitrogens with zero attached hydrogens (tertiary/aromatic N) is 1. The Morgan fingerprint density at radius 2 is 1.64 bits per heavy atom. The number of rotatable bonds is 8. The first-order valence-corrected chi connectivity index (χ1v) is 13.8. The van der Waals surface area contributed by atoms with Crippen LogP contribution in [0, 0.1) is 5.82 Å². The number of nitrogens with one attached hydrogen (secondary N) is 3. The molecule has 1 aliphatic carbocycles. The number of carbonyl (C=O) groups excluding carboxylic acids is 2. The number of hydrogen-bond donors (Lipinski definition) is 3. The average molecular weight is 603 g/mol. The van der Waals surface area contributed by atoms with Crippen molar-refractivity contribution in [1.82, 2.24) is 15.6 Å². The number of hydrogen-bond acceptors (Lipinski definition) is 5. The van der Waals surface area contributed by atoms with Crippen LogP contribution in [0.5, 0.6) is 0 Å². The van der Waals surface area contributed by atoms with Crippen LogP contribution in [0.4, 0.5) is 23.4 Å². The number of alkyl halides is 3. The van der Waals surface area contributed by atoms with Gasteiger partial charge in [-0.05, 0) is 66.4 Å². The fraction of sp³-hybridized carbons (Fsp3) is 0.182. The van der Waals surface area contributed by atoms with Crippen molar-refractivity contribution in [3.05, 3.63) is 107 Å². The predicted octanol–water partition coefficient (Wildman–Crippen LogP) is 7.05. The van der Waals surface area contributed by atoms with Gasteiger partial charge < -0.3 is 20.4 Å². The number of aromatic nitrogens is 1. The lowest BCUT2D eigenvalue weighted by Crippen LogP contribution is -2.34. The monoisotopic (exact) mass is 602 g/mol. The molecular formula is C33H26F4N4O3. The third-order valence-corrected chi connectivity index (χ3v) is 7.56. The zero-order valence-electron chi connectivity index (χ0n) is 23.4. The van der Waals surface area contributed by atoms with E-state index in [1.165, 1.54) is 37.4 Å². The van der Waals surface area contributed by atoms with Gasteiger partial charge in [0.25, 0.3) is 11.8 Å². The summed E-state index contributed by atoms with van der Waals surface area (Å²) in [5.74, 6) is -1.44. The minimum Gasteiger partial charge on any atom is -0.437 e. The smallest absolute Gasteiger partial charge is 0.405 e. The van der Waals surface area contributed by atoms with Crippen molar-refractivity contribution < 1.29 is 31.6 Å². The topological polar surface area (TPSA) is 96.3 Å². The van der Waals surface area contributed by atoms with Gasteiger partial charge in [0.1, 0.15) is 23.9 Å². The lowest BCUT2D eigenvalue weighted by Gasteiger charge is -2.18. The molecule has 6 rings (SSSR count). The molecular weight excluding hydrogens is 576 g/mol. The molecule has 7 nitrogen and oxygen atoms in total. The second-order valence-electron chi connectivity index (χ2n) is 10.6. The largest absolute Gasteiger partial charge is 0.437 e. The van der Waals surface area contributed by atoms with Crippen LogP contribution in [-0.2, 0) is 5.54 Å². The molecule has 1 fully saturated rings. The summed E-state index contributed by atoms with van der Waals surface area (Å²) in [7, 11) is 1.42. The molecule has 1 aliphatic rings. The highest BCUT2D eigenvalue weighted by molar-refractivity contribution is 6.11. The molecule has 2 heterocycles. The first kappa shape index (κ1) is 28.9. The van der Waals surface area contributed by atoms with Crippen molar-refractivity contribution in [1.29, 1.82) is 0 Å². The summed E-state index contributed by atoms with van der Waals surface area (Å²) in [5.41, 5.74) is 1.81. The summed E-state index contributed by atoms with van der Waals surface area (Å²) in [5, 5.41) is 8.22. The molecule has 0 unspecified atom stereocenters. The molecule has 0 atom stereocenters. The van der Waals surface area contributed by atoms with E-state index in [4.69, 9.17) is 4.42 Å². The van der Waals surface area contributed by atoms with E-state index in [-0.39, 0.29) is 39.7 Å². The quantitative estimate of drug-likeness (QED) is 0.165. The Labute approximate surface area is 249 Å². The molecule has 11 heteroatoms. The molecule has 0 bridgehead atoms. The molecule has 1 saturated carbocycles. The van der Waals surface area contributed by atoms with Crippen molar-refractivity contribution in [3.8, 4) is 22.5 Å². The standard InChI is InChI=1S/C33H26F4N4O3/c1-38-30(43)26-25-17-24(20-6-5-7-21(16-20)29(42)41-32(14-15-32)22-8-3-2-4-9-22)28(39-18-33(35,36)37)40-31(25)44-27(26)19-10-12-23(34)13-11-19/h2-13,16-17H,14-15,18H2,1H3,(H,38,43)(H,39,40)(H,41,42). The minimum atomic E-state index is -4.55. The number of pyridine rings is 1. The molecule has 2 amide bonds. The van der Waals surface area contributed by atoms with E-state index in [2.05, 4.69) is 20.9 Å². The van der Waals surface area contributed by atoms with Crippen molar-refractivity contribution in [2.75, 3.05) is 18.9 Å². The van der Waals surface area contributed by atoms with Crippen LogP contribution < -0.4 is 16.0 Å². The number of carbonyl (C=O) groups is 2. The fourth-order valence-electron chi connectivity index (χ4n) is 5.20. The van der Waals surface area contributed by atoms with Crippen molar-refractivity contribution in [3.63, 3.8) is 0 Å². The van der Waals surface area contributed by atoms with E-state index in [9.17, 15) is 27.2 Å². The first-order chi connectivity index (χ1) is 21.1. The molecule has 0 saturated heterocycles. The molecule has 3 N–H and O–H groups in total. The van der Waals surface area contributed by atoms with E-state index < -0.39 is 30.0 Å². The van der Waals surface area contributed by atoms with Gasteiger partial charge in [0.2, 0.25) is 5.71 Å². The zero-order chi connectivity index (χ0) is 31.1. The molecule has 0 radical (unpaired) electrons. The minimum absolute atomic E-state index is 0.0783. The summed E-state index contributed by atoms with van der Waals surface area (Å²) in [6, 6.07) is 22.8. The third kappa shape index (κ3) is 5.72. The van der Waals surface area contributed by atoms with Crippen LogP contribution in [0.2, 0.25) is 0 Å². The summed E-state index contributed by atoms with van der Waals surface area (Å²) >= 11 is 0. The number of halogens is 4. The molecule has 2 aromatic heterocycles. The van der Waals surface area contributed by atoms with Gasteiger partial charge in [-0.1, -0.05) is 42.5 Å². The van der Waals surface area contributed by atoms with E-state index in [1.807, 2.05) is 30.3 Å².